The van der Waals surface area contributed by atoms with Crippen LogP contribution < -0.4 is 15.4 Å². The summed E-state index contributed by atoms with van der Waals surface area (Å²) in [5, 5.41) is 16.7. The number of anilines is 1. The van der Waals surface area contributed by atoms with Crippen LogP contribution in [0.5, 0.6) is 11.5 Å². The van der Waals surface area contributed by atoms with Crippen LogP contribution in [0.2, 0.25) is 0 Å². The Kier molecular flexibility index (Phi) is 6.50. The summed E-state index contributed by atoms with van der Waals surface area (Å²) in [6.45, 7) is 2.41. The van der Waals surface area contributed by atoms with E-state index in [1.165, 1.54) is 12.3 Å². The summed E-state index contributed by atoms with van der Waals surface area (Å²) in [6.07, 6.45) is 1.38. The van der Waals surface area contributed by atoms with E-state index in [1.54, 1.807) is 42.5 Å². The maximum atomic E-state index is 12.7. The van der Waals surface area contributed by atoms with Gasteiger partial charge in [-0.3, -0.25) is 9.59 Å². The molecule has 29 heavy (non-hydrogen) atoms. The average molecular weight is 412 g/mol. The van der Waals surface area contributed by atoms with Gasteiger partial charge in [0.2, 0.25) is 11.8 Å². The quantitative estimate of drug-likeness (QED) is 0.326. The molecule has 1 heterocycles. The number of amides is 2. The molecule has 0 bridgehead atoms. The smallest absolute Gasteiger partial charge is 0.247 e. The fourth-order valence-corrected chi connectivity index (χ4v) is 3.56. The molecule has 0 aliphatic carbocycles. The Morgan fingerprint density at radius 1 is 1.28 bits per heavy atom. The lowest BCUT2D eigenvalue weighted by Crippen LogP contribution is -2.31. The second-order valence-electron chi connectivity index (χ2n) is 6.05. The highest BCUT2D eigenvalue weighted by atomic mass is 32.2. The van der Waals surface area contributed by atoms with Crippen molar-refractivity contribution < 1.29 is 19.4 Å². The topological polar surface area (TPSA) is 118 Å². The molecular formula is C20H20N4O4S. The van der Waals surface area contributed by atoms with Crippen molar-refractivity contribution >= 4 is 40.6 Å². The summed E-state index contributed by atoms with van der Waals surface area (Å²) in [5.74, 6) is 0.0781. The number of carbonyl (C=O) groups excluding carboxylic acids is 2. The molecule has 2 amide bonds. The maximum absolute atomic E-state index is 12.7. The van der Waals surface area contributed by atoms with E-state index in [-0.39, 0.29) is 29.2 Å². The zero-order valence-electron chi connectivity index (χ0n) is 15.7. The Labute approximate surface area is 172 Å². The van der Waals surface area contributed by atoms with Crippen LogP contribution in [0.1, 0.15) is 18.9 Å². The summed E-state index contributed by atoms with van der Waals surface area (Å²) < 4.78 is 5.37. The van der Waals surface area contributed by atoms with Crippen molar-refractivity contribution in [2.24, 2.45) is 15.9 Å². The first-order chi connectivity index (χ1) is 14.0. The number of carbonyl (C=O) groups is 2. The molecule has 150 valence electrons. The van der Waals surface area contributed by atoms with Crippen LogP contribution in [-0.2, 0) is 9.59 Å². The number of phenolic OH excluding ortho intramolecular Hbond substituents is 1. The zero-order chi connectivity index (χ0) is 20.8. The van der Waals surface area contributed by atoms with E-state index < -0.39 is 5.25 Å². The van der Waals surface area contributed by atoms with Crippen LogP contribution in [0.3, 0.4) is 0 Å². The lowest BCUT2D eigenvalue weighted by Gasteiger charge is -2.15. The third kappa shape index (κ3) is 4.94. The molecule has 0 spiro atoms. The van der Waals surface area contributed by atoms with Crippen molar-refractivity contribution in [3.05, 3.63) is 54.1 Å². The molecule has 1 fully saturated rings. The zero-order valence-corrected chi connectivity index (χ0v) is 16.5. The Bertz CT molecular complexity index is 959. The fourth-order valence-electron chi connectivity index (χ4n) is 2.74. The lowest BCUT2D eigenvalue weighted by molar-refractivity contribution is -0.121. The van der Waals surface area contributed by atoms with E-state index in [0.29, 0.717) is 23.6 Å². The molecule has 1 aliphatic heterocycles. The van der Waals surface area contributed by atoms with Gasteiger partial charge in [0.15, 0.2) is 5.17 Å². The Morgan fingerprint density at radius 2 is 2.00 bits per heavy atom. The van der Waals surface area contributed by atoms with Crippen LogP contribution in [0.4, 0.5) is 5.69 Å². The number of amidine groups is 1. The molecule has 3 N–H and O–H groups in total. The van der Waals surface area contributed by atoms with Crippen molar-refractivity contribution in [2.45, 2.75) is 18.6 Å². The molecule has 1 atom stereocenters. The number of nitrogens with two attached hydrogens (primary N) is 1. The number of hydrogen-bond acceptors (Lipinski definition) is 7. The molecular weight excluding hydrogens is 392 g/mol. The minimum Gasteiger partial charge on any atom is -0.507 e. The highest BCUT2D eigenvalue weighted by Gasteiger charge is 2.40. The largest absolute Gasteiger partial charge is 0.507 e. The second kappa shape index (κ2) is 9.24. The number of phenols is 1. The molecule has 0 aromatic heterocycles. The number of imide groups is 1. The Hall–Kier alpha value is -3.33. The van der Waals surface area contributed by atoms with Crippen molar-refractivity contribution in [1.29, 1.82) is 0 Å². The minimum atomic E-state index is -0.668. The van der Waals surface area contributed by atoms with Gasteiger partial charge in [0, 0.05) is 12.0 Å². The summed E-state index contributed by atoms with van der Waals surface area (Å²) in [7, 11) is 0. The molecule has 3 rings (SSSR count). The lowest BCUT2D eigenvalue weighted by atomic mass is 10.2. The van der Waals surface area contributed by atoms with E-state index in [2.05, 4.69) is 10.2 Å². The predicted molar refractivity (Wildman–Crippen MR) is 113 cm³/mol. The van der Waals surface area contributed by atoms with Gasteiger partial charge in [0.1, 0.15) is 16.7 Å². The minimum absolute atomic E-state index is 0.0239. The van der Waals surface area contributed by atoms with Crippen molar-refractivity contribution in [1.82, 2.24) is 0 Å². The maximum Gasteiger partial charge on any atom is 0.247 e. The molecule has 0 unspecified atom stereocenters. The standard InChI is InChI=1S/C20H20N4O4S/c1-2-28-15-9-7-14(8-10-15)24-18(26)11-17(19(24)27)29-20(21)23-22-12-13-5-3-4-6-16(13)25/h3-10,12,17,25H,2,11H2,1H3,(H2,21,23)/b22-12+/t17-/m0/s1. The number of ether oxygens (including phenoxy) is 1. The summed E-state index contributed by atoms with van der Waals surface area (Å²) in [5.41, 5.74) is 6.81. The third-order valence-electron chi connectivity index (χ3n) is 4.06. The fraction of sp³-hybridized carbons (Fsp3) is 0.200. The molecule has 1 aliphatic rings. The van der Waals surface area contributed by atoms with E-state index in [4.69, 9.17) is 10.5 Å². The van der Waals surface area contributed by atoms with Gasteiger partial charge in [-0.15, -0.1) is 5.10 Å². The summed E-state index contributed by atoms with van der Waals surface area (Å²) in [6, 6.07) is 13.4. The van der Waals surface area contributed by atoms with Crippen LogP contribution in [0.25, 0.3) is 0 Å². The number of hydrogen-bond donors (Lipinski definition) is 2. The summed E-state index contributed by atoms with van der Waals surface area (Å²) in [4.78, 5) is 26.2. The second-order valence-corrected chi connectivity index (χ2v) is 7.27. The van der Waals surface area contributed by atoms with E-state index >= 15 is 0 Å². The SMILES string of the molecule is CCOc1ccc(N2C(=O)C[C@H](SC(N)=N/N=C/c3ccccc3O)C2=O)cc1. The summed E-state index contributed by atoms with van der Waals surface area (Å²) >= 11 is 0.983. The number of thioether (sulfide) groups is 1. The molecule has 2 aromatic rings. The molecule has 0 radical (unpaired) electrons. The first-order valence-electron chi connectivity index (χ1n) is 8.90. The first-order valence-corrected chi connectivity index (χ1v) is 9.78. The van der Waals surface area contributed by atoms with Gasteiger partial charge in [-0.25, -0.2) is 4.90 Å². The van der Waals surface area contributed by atoms with Crippen LogP contribution in [-0.4, -0.2) is 40.2 Å². The molecule has 9 heteroatoms. The monoisotopic (exact) mass is 412 g/mol. The third-order valence-corrected chi connectivity index (χ3v) is 5.04. The van der Waals surface area contributed by atoms with E-state index in [0.717, 1.165) is 16.7 Å². The number of nitrogens with zero attached hydrogens (tertiary/aromatic N) is 3. The highest BCUT2D eigenvalue weighted by Crippen LogP contribution is 2.30. The van der Waals surface area contributed by atoms with Crippen LogP contribution >= 0.6 is 11.8 Å². The van der Waals surface area contributed by atoms with Gasteiger partial charge < -0.3 is 15.6 Å². The van der Waals surface area contributed by atoms with Crippen LogP contribution in [0.15, 0.2) is 58.7 Å². The normalized spacial score (nSPS) is 17.3. The van der Waals surface area contributed by atoms with Gasteiger partial charge in [-0.2, -0.15) is 5.10 Å². The van der Waals surface area contributed by atoms with Gasteiger partial charge >= 0.3 is 0 Å². The van der Waals surface area contributed by atoms with Crippen molar-refractivity contribution in [2.75, 3.05) is 11.5 Å². The molecule has 0 saturated carbocycles. The van der Waals surface area contributed by atoms with Crippen LogP contribution in [0, 0.1) is 0 Å². The predicted octanol–water partition coefficient (Wildman–Crippen LogP) is 2.50. The van der Waals surface area contributed by atoms with Crippen molar-refractivity contribution in [3.8, 4) is 11.5 Å². The van der Waals surface area contributed by atoms with Gasteiger partial charge in [0.05, 0.1) is 18.5 Å². The van der Waals surface area contributed by atoms with Gasteiger partial charge in [-0.1, -0.05) is 23.9 Å². The van der Waals surface area contributed by atoms with Gasteiger partial charge in [-0.05, 0) is 43.3 Å². The molecule has 1 saturated heterocycles. The average Bonchev–Trinajstić information content (AvgIpc) is 2.97. The number of rotatable bonds is 6. The molecule has 8 nitrogen and oxygen atoms in total. The first kappa shape index (κ1) is 20.4. The van der Waals surface area contributed by atoms with Gasteiger partial charge in [0.25, 0.3) is 0 Å². The number of para-hydroxylation sites is 1. The number of benzene rings is 2. The van der Waals surface area contributed by atoms with Crippen molar-refractivity contribution in [3.63, 3.8) is 0 Å². The Morgan fingerprint density at radius 3 is 2.69 bits per heavy atom. The van der Waals surface area contributed by atoms with E-state index in [9.17, 15) is 14.7 Å². The Balaban J connectivity index is 1.65. The number of aromatic hydroxyl groups is 1. The highest BCUT2D eigenvalue weighted by molar-refractivity contribution is 8.14. The molecule has 2 aromatic carbocycles. The van der Waals surface area contributed by atoms with E-state index in [1.807, 2.05) is 6.92 Å².